The molecule has 110 valence electrons. The molecule has 2 heterocycles. The zero-order valence-corrected chi connectivity index (χ0v) is 12.8. The van der Waals surface area contributed by atoms with Crippen LogP contribution in [0, 0.1) is 0 Å². The number of H-pyrrole nitrogens is 1. The van der Waals surface area contributed by atoms with Gasteiger partial charge in [0.2, 0.25) is 10.0 Å². The minimum atomic E-state index is -3.64. The standard InChI is InChI=1S/C13H14N4O2S2/c1-8(13-15-4-5-20-13)17-21(18,19)12-7-16-11-6-9(14)2-3-10(11)12/h2-8,16-17H,14H2,1H3. The summed E-state index contributed by atoms with van der Waals surface area (Å²) in [6.45, 7) is 1.77. The van der Waals surface area contributed by atoms with Crippen LogP contribution in [-0.4, -0.2) is 18.4 Å². The van der Waals surface area contributed by atoms with E-state index < -0.39 is 10.0 Å². The Morgan fingerprint density at radius 2 is 2.24 bits per heavy atom. The molecular weight excluding hydrogens is 308 g/mol. The summed E-state index contributed by atoms with van der Waals surface area (Å²) in [6.07, 6.45) is 3.13. The number of fused-ring (bicyclic) bond motifs is 1. The van der Waals surface area contributed by atoms with E-state index in [0.717, 1.165) is 5.01 Å². The number of aromatic amines is 1. The van der Waals surface area contributed by atoms with Crippen molar-refractivity contribution in [3.05, 3.63) is 41.0 Å². The van der Waals surface area contributed by atoms with Gasteiger partial charge in [-0.05, 0) is 25.1 Å². The average Bonchev–Trinajstić information content (AvgIpc) is 3.07. The molecule has 0 spiro atoms. The lowest BCUT2D eigenvalue weighted by molar-refractivity contribution is 0.567. The maximum Gasteiger partial charge on any atom is 0.243 e. The molecule has 3 aromatic rings. The van der Waals surface area contributed by atoms with Crippen molar-refractivity contribution in [2.75, 3.05) is 5.73 Å². The number of thiazole rings is 1. The van der Waals surface area contributed by atoms with Crippen molar-refractivity contribution in [2.45, 2.75) is 17.9 Å². The molecule has 0 aliphatic heterocycles. The molecule has 21 heavy (non-hydrogen) atoms. The molecule has 1 aromatic carbocycles. The molecule has 2 aromatic heterocycles. The van der Waals surface area contributed by atoms with Gasteiger partial charge in [0.25, 0.3) is 0 Å². The number of sulfonamides is 1. The molecule has 0 saturated heterocycles. The highest BCUT2D eigenvalue weighted by Crippen LogP contribution is 2.26. The number of hydrogen-bond acceptors (Lipinski definition) is 5. The number of nitrogens with zero attached hydrogens (tertiary/aromatic N) is 1. The molecule has 0 aliphatic carbocycles. The predicted octanol–water partition coefficient (Wildman–Crippen LogP) is 2.25. The summed E-state index contributed by atoms with van der Waals surface area (Å²) in [7, 11) is -3.64. The Bertz CT molecular complexity index is 869. The summed E-state index contributed by atoms with van der Waals surface area (Å²) in [5.41, 5.74) is 6.97. The van der Waals surface area contributed by atoms with Crippen molar-refractivity contribution in [3.63, 3.8) is 0 Å². The highest BCUT2D eigenvalue weighted by Gasteiger charge is 2.22. The van der Waals surface area contributed by atoms with Gasteiger partial charge in [-0.15, -0.1) is 11.3 Å². The molecule has 0 saturated carbocycles. The van der Waals surface area contributed by atoms with E-state index in [9.17, 15) is 8.42 Å². The third-order valence-corrected chi connectivity index (χ3v) is 5.65. The summed E-state index contributed by atoms with van der Waals surface area (Å²) in [5.74, 6) is 0. The van der Waals surface area contributed by atoms with Gasteiger partial charge in [-0.3, -0.25) is 0 Å². The minimum absolute atomic E-state index is 0.209. The van der Waals surface area contributed by atoms with E-state index in [4.69, 9.17) is 5.73 Å². The van der Waals surface area contributed by atoms with Crippen LogP contribution in [0.15, 0.2) is 40.9 Å². The van der Waals surface area contributed by atoms with Crippen LogP contribution in [0.2, 0.25) is 0 Å². The molecule has 0 aliphatic rings. The van der Waals surface area contributed by atoms with Gasteiger partial charge in [-0.1, -0.05) is 0 Å². The summed E-state index contributed by atoms with van der Waals surface area (Å²) in [6, 6.07) is 4.70. The van der Waals surface area contributed by atoms with E-state index in [0.29, 0.717) is 16.6 Å². The Labute approximate surface area is 126 Å². The van der Waals surface area contributed by atoms with Gasteiger partial charge in [0.05, 0.1) is 6.04 Å². The van der Waals surface area contributed by atoms with Crippen molar-refractivity contribution in [1.29, 1.82) is 0 Å². The summed E-state index contributed by atoms with van der Waals surface area (Å²) >= 11 is 1.41. The van der Waals surface area contributed by atoms with Gasteiger partial charge in [0.1, 0.15) is 9.90 Å². The first-order chi connectivity index (χ1) is 9.97. The lowest BCUT2D eigenvalue weighted by atomic mass is 10.2. The van der Waals surface area contributed by atoms with Crippen molar-refractivity contribution in [2.24, 2.45) is 0 Å². The fraction of sp³-hybridized carbons (Fsp3) is 0.154. The van der Waals surface area contributed by atoms with Crippen LogP contribution in [0.25, 0.3) is 10.9 Å². The Hall–Kier alpha value is -1.90. The Balaban J connectivity index is 1.97. The molecular formula is C13H14N4O2S2. The van der Waals surface area contributed by atoms with Gasteiger partial charge in [-0.2, -0.15) is 0 Å². The van der Waals surface area contributed by atoms with Gasteiger partial charge in [-0.25, -0.2) is 18.1 Å². The quantitative estimate of drug-likeness (QED) is 0.641. The number of hydrogen-bond donors (Lipinski definition) is 3. The van der Waals surface area contributed by atoms with E-state index in [1.54, 1.807) is 31.3 Å². The average molecular weight is 322 g/mol. The molecule has 6 nitrogen and oxygen atoms in total. The Morgan fingerprint density at radius 3 is 2.95 bits per heavy atom. The van der Waals surface area contributed by atoms with Crippen molar-refractivity contribution < 1.29 is 8.42 Å². The van der Waals surface area contributed by atoms with Crippen LogP contribution in [0.3, 0.4) is 0 Å². The molecule has 0 fully saturated rings. The van der Waals surface area contributed by atoms with Gasteiger partial charge in [0.15, 0.2) is 0 Å². The number of rotatable bonds is 4. The Morgan fingerprint density at radius 1 is 1.43 bits per heavy atom. The van der Waals surface area contributed by atoms with E-state index >= 15 is 0 Å². The van der Waals surface area contributed by atoms with E-state index in [1.807, 2.05) is 5.38 Å². The van der Waals surface area contributed by atoms with Gasteiger partial charge >= 0.3 is 0 Å². The van der Waals surface area contributed by atoms with Crippen LogP contribution in [0.1, 0.15) is 18.0 Å². The molecule has 0 amide bonds. The highest BCUT2D eigenvalue weighted by atomic mass is 32.2. The topological polar surface area (TPSA) is 101 Å². The molecule has 3 rings (SSSR count). The van der Waals surface area contributed by atoms with Crippen LogP contribution in [0.5, 0.6) is 0 Å². The number of anilines is 1. The number of nitrogens with one attached hydrogen (secondary N) is 2. The number of nitrogens with two attached hydrogens (primary N) is 1. The molecule has 8 heteroatoms. The lowest BCUT2D eigenvalue weighted by Crippen LogP contribution is -2.26. The summed E-state index contributed by atoms with van der Waals surface area (Å²) in [4.78, 5) is 7.26. The van der Waals surface area contributed by atoms with Crippen molar-refractivity contribution in [1.82, 2.24) is 14.7 Å². The van der Waals surface area contributed by atoms with E-state index in [-0.39, 0.29) is 10.9 Å². The zero-order valence-electron chi connectivity index (χ0n) is 11.2. The monoisotopic (exact) mass is 322 g/mol. The van der Waals surface area contributed by atoms with Crippen LogP contribution in [-0.2, 0) is 10.0 Å². The summed E-state index contributed by atoms with van der Waals surface area (Å²) in [5, 5.41) is 3.15. The smallest absolute Gasteiger partial charge is 0.243 e. The predicted molar refractivity (Wildman–Crippen MR) is 83.6 cm³/mol. The molecule has 4 N–H and O–H groups in total. The first-order valence-electron chi connectivity index (χ1n) is 6.26. The number of benzene rings is 1. The Kier molecular flexibility index (Phi) is 3.44. The van der Waals surface area contributed by atoms with Crippen LogP contribution >= 0.6 is 11.3 Å². The van der Waals surface area contributed by atoms with Crippen LogP contribution < -0.4 is 10.5 Å². The maximum absolute atomic E-state index is 12.5. The number of aromatic nitrogens is 2. The SMILES string of the molecule is CC(NS(=O)(=O)c1c[nH]c2cc(N)ccc12)c1nccs1. The van der Waals surface area contributed by atoms with Gasteiger partial charge in [0, 0.05) is 34.4 Å². The largest absolute Gasteiger partial charge is 0.399 e. The third-order valence-electron chi connectivity index (χ3n) is 3.11. The number of nitrogen functional groups attached to an aromatic ring is 1. The third kappa shape index (κ3) is 2.65. The lowest BCUT2D eigenvalue weighted by Gasteiger charge is -2.11. The van der Waals surface area contributed by atoms with Crippen LogP contribution in [0.4, 0.5) is 5.69 Å². The first-order valence-corrected chi connectivity index (χ1v) is 8.62. The molecule has 0 radical (unpaired) electrons. The second-order valence-corrected chi connectivity index (χ2v) is 7.28. The second kappa shape index (κ2) is 5.14. The fourth-order valence-corrected chi connectivity index (χ4v) is 4.24. The highest BCUT2D eigenvalue weighted by molar-refractivity contribution is 7.89. The minimum Gasteiger partial charge on any atom is -0.399 e. The summed E-state index contributed by atoms with van der Waals surface area (Å²) < 4.78 is 27.7. The molecule has 1 atom stereocenters. The maximum atomic E-state index is 12.5. The molecule has 1 unspecified atom stereocenters. The van der Waals surface area contributed by atoms with Crippen molar-refractivity contribution in [3.8, 4) is 0 Å². The van der Waals surface area contributed by atoms with E-state index in [2.05, 4.69) is 14.7 Å². The second-order valence-electron chi connectivity index (χ2n) is 4.67. The first kappa shape index (κ1) is 14.1. The zero-order chi connectivity index (χ0) is 15.0. The van der Waals surface area contributed by atoms with Crippen molar-refractivity contribution >= 4 is 38.0 Å². The van der Waals surface area contributed by atoms with Gasteiger partial charge < -0.3 is 10.7 Å². The fourth-order valence-electron chi connectivity index (χ4n) is 2.13. The molecule has 0 bridgehead atoms. The van der Waals surface area contributed by atoms with E-state index in [1.165, 1.54) is 17.5 Å². The normalized spacial score (nSPS) is 13.6.